The second-order valence-electron chi connectivity index (χ2n) is 4.89. The van der Waals surface area contributed by atoms with Gasteiger partial charge in [-0.1, -0.05) is 18.5 Å². The van der Waals surface area contributed by atoms with E-state index in [0.717, 1.165) is 35.3 Å². The molecule has 0 bridgehead atoms. The van der Waals surface area contributed by atoms with Crippen molar-refractivity contribution in [1.29, 1.82) is 0 Å². The average Bonchev–Trinajstić information content (AvgIpc) is 2.91. The number of nitrogens with one attached hydrogen (secondary N) is 1. The lowest BCUT2D eigenvalue weighted by atomic mass is 10.1. The third-order valence-electron chi connectivity index (χ3n) is 3.29. The van der Waals surface area contributed by atoms with E-state index in [1.807, 2.05) is 24.3 Å². The van der Waals surface area contributed by atoms with Gasteiger partial charge in [0.25, 0.3) is 0 Å². The number of rotatable bonds is 5. The minimum atomic E-state index is -0.0580. The van der Waals surface area contributed by atoms with Crippen molar-refractivity contribution in [3.05, 3.63) is 59.3 Å². The average molecular weight is 302 g/mol. The summed E-state index contributed by atoms with van der Waals surface area (Å²) in [6, 6.07) is 7.58. The third kappa shape index (κ3) is 3.06. The molecule has 0 aliphatic carbocycles. The van der Waals surface area contributed by atoms with Crippen molar-refractivity contribution in [1.82, 2.24) is 15.3 Å². The van der Waals surface area contributed by atoms with E-state index in [-0.39, 0.29) is 6.04 Å². The third-order valence-corrected chi connectivity index (χ3v) is 3.53. The number of aromatic nitrogens is 2. The van der Waals surface area contributed by atoms with E-state index in [9.17, 15) is 0 Å². The first-order valence-corrected chi connectivity index (χ1v) is 7.33. The van der Waals surface area contributed by atoms with Crippen LogP contribution in [0.4, 0.5) is 0 Å². The van der Waals surface area contributed by atoms with Crippen LogP contribution in [0.15, 0.2) is 47.4 Å². The van der Waals surface area contributed by atoms with Crippen molar-refractivity contribution in [2.24, 2.45) is 0 Å². The minimum Gasteiger partial charge on any atom is -0.459 e. The van der Waals surface area contributed by atoms with Gasteiger partial charge in [-0.15, -0.1) is 0 Å². The van der Waals surface area contributed by atoms with Gasteiger partial charge in [-0.3, -0.25) is 0 Å². The Morgan fingerprint density at radius 3 is 2.81 bits per heavy atom. The van der Waals surface area contributed by atoms with Crippen LogP contribution in [-0.2, 0) is 0 Å². The molecular weight excluding hydrogens is 286 g/mol. The SMILES string of the molecule is CCCNC(c1cncnc1)c1cc2cc(Cl)ccc2o1. The summed E-state index contributed by atoms with van der Waals surface area (Å²) in [6.07, 6.45) is 6.18. The summed E-state index contributed by atoms with van der Waals surface area (Å²) in [4.78, 5) is 8.19. The zero-order chi connectivity index (χ0) is 14.7. The highest BCUT2D eigenvalue weighted by Crippen LogP contribution is 2.29. The monoisotopic (exact) mass is 301 g/mol. The standard InChI is InChI=1S/C16H16ClN3O/c1-2-5-20-16(12-8-18-10-19-9-12)15-7-11-6-13(17)3-4-14(11)21-15/h3-4,6-10,16,20H,2,5H2,1H3. The van der Waals surface area contributed by atoms with Gasteiger partial charge in [0.15, 0.2) is 0 Å². The van der Waals surface area contributed by atoms with Crippen molar-refractivity contribution < 1.29 is 4.42 Å². The van der Waals surface area contributed by atoms with Gasteiger partial charge in [-0.2, -0.15) is 0 Å². The molecule has 2 aromatic heterocycles. The molecule has 1 N–H and O–H groups in total. The molecule has 3 rings (SSSR count). The molecule has 108 valence electrons. The van der Waals surface area contributed by atoms with Crippen molar-refractivity contribution in [2.45, 2.75) is 19.4 Å². The van der Waals surface area contributed by atoms with Gasteiger partial charge in [0, 0.05) is 28.4 Å². The smallest absolute Gasteiger partial charge is 0.134 e. The summed E-state index contributed by atoms with van der Waals surface area (Å²) in [7, 11) is 0. The van der Waals surface area contributed by atoms with Crippen LogP contribution in [-0.4, -0.2) is 16.5 Å². The quantitative estimate of drug-likeness (QED) is 0.775. The fraction of sp³-hybridized carbons (Fsp3) is 0.250. The molecule has 0 spiro atoms. The lowest BCUT2D eigenvalue weighted by Crippen LogP contribution is -2.23. The van der Waals surface area contributed by atoms with Gasteiger partial charge in [0.2, 0.25) is 0 Å². The highest BCUT2D eigenvalue weighted by Gasteiger charge is 2.18. The molecule has 0 radical (unpaired) electrons. The van der Waals surface area contributed by atoms with Crippen molar-refractivity contribution in [3.8, 4) is 0 Å². The molecule has 0 saturated heterocycles. The molecule has 1 unspecified atom stereocenters. The number of nitrogens with zero attached hydrogens (tertiary/aromatic N) is 2. The molecule has 4 nitrogen and oxygen atoms in total. The van der Waals surface area contributed by atoms with E-state index in [4.69, 9.17) is 16.0 Å². The summed E-state index contributed by atoms with van der Waals surface area (Å²) < 4.78 is 5.96. The van der Waals surface area contributed by atoms with Crippen LogP contribution in [0.1, 0.15) is 30.7 Å². The molecular formula is C16H16ClN3O. The molecule has 1 atom stereocenters. The Hall–Kier alpha value is -1.91. The lowest BCUT2D eigenvalue weighted by molar-refractivity contribution is 0.468. The molecule has 2 heterocycles. The Kier molecular flexibility index (Phi) is 4.18. The zero-order valence-electron chi connectivity index (χ0n) is 11.7. The largest absolute Gasteiger partial charge is 0.459 e. The fourth-order valence-electron chi connectivity index (χ4n) is 2.31. The van der Waals surface area contributed by atoms with Gasteiger partial charge >= 0.3 is 0 Å². The van der Waals surface area contributed by atoms with E-state index in [0.29, 0.717) is 5.02 Å². The van der Waals surface area contributed by atoms with Crippen LogP contribution in [0.3, 0.4) is 0 Å². The molecule has 3 aromatic rings. The lowest BCUT2D eigenvalue weighted by Gasteiger charge is -2.15. The molecule has 0 amide bonds. The summed E-state index contributed by atoms with van der Waals surface area (Å²) in [5.41, 5.74) is 1.81. The van der Waals surface area contributed by atoms with E-state index >= 15 is 0 Å². The summed E-state index contributed by atoms with van der Waals surface area (Å²) in [5.74, 6) is 0.843. The van der Waals surface area contributed by atoms with Crippen LogP contribution in [0.2, 0.25) is 5.02 Å². The van der Waals surface area contributed by atoms with Gasteiger partial charge in [-0.05, 0) is 37.2 Å². The van der Waals surface area contributed by atoms with E-state index in [1.165, 1.54) is 6.33 Å². The van der Waals surface area contributed by atoms with Crippen LogP contribution < -0.4 is 5.32 Å². The highest BCUT2D eigenvalue weighted by atomic mass is 35.5. The maximum atomic E-state index is 6.03. The Morgan fingerprint density at radius 1 is 1.24 bits per heavy atom. The van der Waals surface area contributed by atoms with E-state index in [1.54, 1.807) is 12.4 Å². The normalized spacial score (nSPS) is 12.7. The van der Waals surface area contributed by atoms with Gasteiger partial charge < -0.3 is 9.73 Å². The van der Waals surface area contributed by atoms with Gasteiger partial charge in [-0.25, -0.2) is 9.97 Å². The van der Waals surface area contributed by atoms with Crippen LogP contribution in [0.25, 0.3) is 11.0 Å². The van der Waals surface area contributed by atoms with Gasteiger partial charge in [0.05, 0.1) is 6.04 Å². The molecule has 0 saturated carbocycles. The summed E-state index contributed by atoms with van der Waals surface area (Å²) in [6.45, 7) is 3.02. The van der Waals surface area contributed by atoms with Crippen LogP contribution in [0.5, 0.6) is 0 Å². The highest BCUT2D eigenvalue weighted by molar-refractivity contribution is 6.31. The van der Waals surface area contributed by atoms with Crippen molar-refractivity contribution in [2.75, 3.05) is 6.54 Å². The zero-order valence-corrected chi connectivity index (χ0v) is 12.5. The number of hydrogen-bond donors (Lipinski definition) is 1. The number of fused-ring (bicyclic) bond motifs is 1. The first-order chi connectivity index (χ1) is 10.3. The first kappa shape index (κ1) is 14.0. The number of halogens is 1. The van der Waals surface area contributed by atoms with Gasteiger partial charge in [0.1, 0.15) is 17.7 Å². The Labute approximate surface area is 128 Å². The Balaban J connectivity index is 2.01. The molecule has 1 aromatic carbocycles. The Bertz CT molecular complexity index is 727. The predicted molar refractivity (Wildman–Crippen MR) is 83.4 cm³/mol. The molecule has 0 aliphatic heterocycles. The van der Waals surface area contributed by atoms with Crippen molar-refractivity contribution >= 4 is 22.6 Å². The van der Waals surface area contributed by atoms with Crippen LogP contribution in [0, 0.1) is 0 Å². The molecule has 5 heteroatoms. The number of furan rings is 1. The second-order valence-corrected chi connectivity index (χ2v) is 5.33. The Morgan fingerprint density at radius 2 is 2.05 bits per heavy atom. The molecule has 21 heavy (non-hydrogen) atoms. The predicted octanol–water partition coefficient (Wildman–Crippen LogP) is 3.97. The van der Waals surface area contributed by atoms with Crippen LogP contribution >= 0.6 is 11.6 Å². The minimum absolute atomic E-state index is 0.0580. The maximum Gasteiger partial charge on any atom is 0.134 e. The van der Waals surface area contributed by atoms with E-state index < -0.39 is 0 Å². The summed E-state index contributed by atoms with van der Waals surface area (Å²) >= 11 is 6.03. The maximum absolute atomic E-state index is 6.03. The topological polar surface area (TPSA) is 51.0 Å². The van der Waals surface area contributed by atoms with Crippen molar-refractivity contribution in [3.63, 3.8) is 0 Å². The second kappa shape index (κ2) is 6.24. The molecule has 0 aliphatic rings. The molecule has 0 fully saturated rings. The van der Waals surface area contributed by atoms with E-state index in [2.05, 4.69) is 22.2 Å². The summed E-state index contributed by atoms with van der Waals surface area (Å²) in [5, 5.41) is 5.17. The number of benzene rings is 1. The first-order valence-electron chi connectivity index (χ1n) is 6.95. The fourth-order valence-corrected chi connectivity index (χ4v) is 2.49. The number of hydrogen-bond acceptors (Lipinski definition) is 4.